The molecule has 12 heteroatoms. The molecule has 0 radical (unpaired) electrons. The predicted molar refractivity (Wildman–Crippen MR) is 131 cm³/mol. The SMILES string of the molecule is CN(C)/C=C/C(=O)Nc1cc2c(Nc3ccc(Cl)c(C(F)(F)F)c3)ncnc2cc1O[C@@H]1CCOC1. The van der Waals surface area contributed by atoms with Gasteiger partial charge in [-0.2, -0.15) is 13.2 Å². The molecule has 190 valence electrons. The largest absolute Gasteiger partial charge is 0.486 e. The maximum atomic E-state index is 13.3. The van der Waals surface area contributed by atoms with E-state index in [4.69, 9.17) is 21.1 Å². The summed E-state index contributed by atoms with van der Waals surface area (Å²) in [6, 6.07) is 6.74. The minimum atomic E-state index is -4.61. The summed E-state index contributed by atoms with van der Waals surface area (Å²) in [7, 11) is 3.56. The van der Waals surface area contributed by atoms with Crippen molar-refractivity contribution in [2.75, 3.05) is 37.9 Å². The highest BCUT2D eigenvalue weighted by Gasteiger charge is 2.33. The second kappa shape index (κ2) is 10.6. The van der Waals surface area contributed by atoms with Gasteiger partial charge < -0.3 is 25.0 Å². The number of hydrogen-bond donors (Lipinski definition) is 2. The van der Waals surface area contributed by atoms with Gasteiger partial charge in [-0.25, -0.2) is 9.97 Å². The lowest BCUT2D eigenvalue weighted by Gasteiger charge is -2.18. The van der Waals surface area contributed by atoms with Crippen LogP contribution >= 0.6 is 11.6 Å². The molecule has 1 fully saturated rings. The van der Waals surface area contributed by atoms with Gasteiger partial charge in [0.2, 0.25) is 5.91 Å². The number of ether oxygens (including phenoxy) is 2. The minimum absolute atomic E-state index is 0.134. The van der Waals surface area contributed by atoms with Crippen LogP contribution in [-0.4, -0.2) is 54.2 Å². The Morgan fingerprint density at radius 3 is 2.75 bits per heavy atom. The first-order chi connectivity index (χ1) is 17.1. The van der Waals surface area contributed by atoms with E-state index in [0.717, 1.165) is 12.1 Å². The predicted octanol–water partition coefficient (Wildman–Crippen LogP) is 5.23. The summed E-state index contributed by atoms with van der Waals surface area (Å²) in [6.07, 6.45) is 0.128. The van der Waals surface area contributed by atoms with Crippen LogP contribution in [-0.2, 0) is 15.7 Å². The standard InChI is InChI=1S/C24H23ClF3N5O3/c1-33(2)7-5-22(34)32-20-10-16-19(11-21(20)36-15-6-8-35-12-15)29-13-30-23(16)31-14-3-4-18(25)17(9-14)24(26,27)28/h3-5,7,9-11,13,15H,6,8,12H2,1-2H3,(H,32,34)(H,29,30,31)/b7-5+/t15-/m1/s1. The number of nitrogens with one attached hydrogen (secondary N) is 2. The van der Waals surface area contributed by atoms with Crippen molar-refractivity contribution < 1.29 is 27.4 Å². The van der Waals surface area contributed by atoms with Crippen molar-refractivity contribution in [3.63, 3.8) is 0 Å². The van der Waals surface area contributed by atoms with Crippen LogP contribution in [0.1, 0.15) is 12.0 Å². The van der Waals surface area contributed by atoms with E-state index in [0.29, 0.717) is 42.0 Å². The van der Waals surface area contributed by atoms with E-state index in [2.05, 4.69) is 20.6 Å². The Bertz CT molecular complexity index is 1290. The number of benzene rings is 2. The fraction of sp³-hybridized carbons (Fsp3) is 0.292. The number of amides is 1. The van der Waals surface area contributed by atoms with Gasteiger partial charge in [0.1, 0.15) is 24.0 Å². The summed E-state index contributed by atoms with van der Waals surface area (Å²) in [6.45, 7) is 0.989. The number of alkyl halides is 3. The summed E-state index contributed by atoms with van der Waals surface area (Å²) in [5.41, 5.74) is -0.0155. The molecule has 1 amide bonds. The second-order valence-electron chi connectivity index (χ2n) is 8.28. The molecule has 0 spiro atoms. The third-order valence-corrected chi connectivity index (χ3v) is 5.56. The van der Waals surface area contributed by atoms with E-state index < -0.39 is 22.7 Å². The third kappa shape index (κ3) is 6.16. The Morgan fingerprint density at radius 2 is 2.06 bits per heavy atom. The first-order valence-corrected chi connectivity index (χ1v) is 11.3. The number of nitrogens with zero attached hydrogens (tertiary/aromatic N) is 3. The Labute approximate surface area is 210 Å². The van der Waals surface area contributed by atoms with E-state index in [1.165, 1.54) is 18.5 Å². The van der Waals surface area contributed by atoms with Crippen molar-refractivity contribution in [3.8, 4) is 5.75 Å². The van der Waals surface area contributed by atoms with Gasteiger partial charge in [0.25, 0.3) is 0 Å². The molecule has 1 aliphatic rings. The van der Waals surface area contributed by atoms with Gasteiger partial charge in [0.05, 0.1) is 35.0 Å². The quantitative estimate of drug-likeness (QED) is 0.412. The first kappa shape index (κ1) is 25.5. The minimum Gasteiger partial charge on any atom is -0.486 e. The molecular formula is C24H23ClF3N5O3. The van der Waals surface area contributed by atoms with E-state index in [1.807, 2.05) is 0 Å². The molecule has 0 unspecified atom stereocenters. The normalized spacial score (nSPS) is 15.9. The Hall–Kier alpha value is -3.57. The van der Waals surface area contributed by atoms with Crippen molar-refractivity contribution in [1.29, 1.82) is 0 Å². The maximum absolute atomic E-state index is 13.3. The molecule has 2 heterocycles. The van der Waals surface area contributed by atoms with Gasteiger partial charge in [-0.1, -0.05) is 11.6 Å². The van der Waals surface area contributed by atoms with Gasteiger partial charge in [0, 0.05) is 49.9 Å². The monoisotopic (exact) mass is 521 g/mol. The molecule has 36 heavy (non-hydrogen) atoms. The van der Waals surface area contributed by atoms with Crippen LogP contribution in [0.3, 0.4) is 0 Å². The molecule has 4 rings (SSSR count). The van der Waals surface area contributed by atoms with Crippen molar-refractivity contribution >= 4 is 45.6 Å². The zero-order chi connectivity index (χ0) is 25.9. The fourth-order valence-corrected chi connectivity index (χ4v) is 3.74. The first-order valence-electron chi connectivity index (χ1n) is 10.9. The number of carbonyl (C=O) groups is 1. The van der Waals surface area contributed by atoms with Crippen LogP contribution in [0.2, 0.25) is 5.02 Å². The Kier molecular flexibility index (Phi) is 7.51. The number of fused-ring (bicyclic) bond motifs is 1. The lowest BCUT2D eigenvalue weighted by Crippen LogP contribution is -2.18. The van der Waals surface area contributed by atoms with Crippen molar-refractivity contribution in [3.05, 3.63) is 59.5 Å². The summed E-state index contributed by atoms with van der Waals surface area (Å²) in [5, 5.41) is 5.74. The van der Waals surface area contributed by atoms with Crippen LogP contribution in [0.5, 0.6) is 5.75 Å². The summed E-state index contributed by atoms with van der Waals surface area (Å²) >= 11 is 5.74. The van der Waals surface area contributed by atoms with E-state index in [9.17, 15) is 18.0 Å². The number of aromatic nitrogens is 2. The summed E-state index contributed by atoms with van der Waals surface area (Å²) < 4.78 is 51.4. The molecule has 2 N–H and O–H groups in total. The van der Waals surface area contributed by atoms with Gasteiger partial charge in [-0.15, -0.1) is 0 Å². The van der Waals surface area contributed by atoms with Gasteiger partial charge in [-0.3, -0.25) is 4.79 Å². The average molecular weight is 522 g/mol. The Morgan fingerprint density at radius 1 is 1.25 bits per heavy atom. The summed E-state index contributed by atoms with van der Waals surface area (Å²) in [5.74, 6) is 0.236. The molecule has 3 aromatic rings. The van der Waals surface area contributed by atoms with Crippen molar-refractivity contribution in [1.82, 2.24) is 14.9 Å². The number of anilines is 3. The van der Waals surface area contributed by atoms with Crippen molar-refractivity contribution in [2.45, 2.75) is 18.7 Å². The topological polar surface area (TPSA) is 88.6 Å². The molecular weight excluding hydrogens is 499 g/mol. The molecule has 1 atom stereocenters. The van der Waals surface area contributed by atoms with Crippen molar-refractivity contribution in [2.24, 2.45) is 0 Å². The molecule has 2 aromatic carbocycles. The van der Waals surface area contributed by atoms with E-state index >= 15 is 0 Å². The van der Waals surface area contributed by atoms with Gasteiger partial charge in [0.15, 0.2) is 0 Å². The lowest BCUT2D eigenvalue weighted by atomic mass is 10.1. The molecule has 1 saturated heterocycles. The molecule has 0 aliphatic carbocycles. The molecule has 1 aromatic heterocycles. The fourth-order valence-electron chi connectivity index (χ4n) is 3.51. The second-order valence-corrected chi connectivity index (χ2v) is 8.68. The highest BCUT2D eigenvalue weighted by atomic mass is 35.5. The molecule has 1 aliphatic heterocycles. The smallest absolute Gasteiger partial charge is 0.417 e. The third-order valence-electron chi connectivity index (χ3n) is 5.23. The number of rotatable bonds is 7. The van der Waals surface area contributed by atoms with Crippen LogP contribution in [0.4, 0.5) is 30.4 Å². The summed E-state index contributed by atoms with van der Waals surface area (Å²) in [4.78, 5) is 22.7. The van der Waals surface area contributed by atoms with Crippen LogP contribution in [0.25, 0.3) is 10.9 Å². The van der Waals surface area contributed by atoms with Gasteiger partial charge >= 0.3 is 6.18 Å². The number of halogens is 4. The molecule has 0 saturated carbocycles. The van der Waals surface area contributed by atoms with Gasteiger partial charge in [-0.05, 0) is 24.3 Å². The van der Waals surface area contributed by atoms with Crippen LogP contribution in [0, 0.1) is 0 Å². The van der Waals surface area contributed by atoms with Crippen LogP contribution in [0.15, 0.2) is 48.9 Å². The van der Waals surface area contributed by atoms with E-state index in [-0.39, 0.29) is 17.6 Å². The Balaban J connectivity index is 1.72. The maximum Gasteiger partial charge on any atom is 0.417 e. The zero-order valence-electron chi connectivity index (χ0n) is 19.4. The molecule has 0 bridgehead atoms. The van der Waals surface area contributed by atoms with E-state index in [1.54, 1.807) is 37.3 Å². The highest BCUT2D eigenvalue weighted by molar-refractivity contribution is 6.31. The number of carbonyl (C=O) groups excluding carboxylic acids is 1. The van der Waals surface area contributed by atoms with Crippen LogP contribution < -0.4 is 15.4 Å². The number of hydrogen-bond acceptors (Lipinski definition) is 7. The zero-order valence-corrected chi connectivity index (χ0v) is 20.2. The lowest BCUT2D eigenvalue weighted by molar-refractivity contribution is -0.137. The average Bonchev–Trinajstić information content (AvgIpc) is 3.32. The molecule has 8 nitrogen and oxygen atoms in total. The highest BCUT2D eigenvalue weighted by Crippen LogP contribution is 2.38.